The lowest BCUT2D eigenvalue weighted by atomic mass is 9.98. The molecule has 2 rings (SSSR count). The second kappa shape index (κ2) is 5.73. The molecule has 1 aromatic carbocycles. The third-order valence-electron chi connectivity index (χ3n) is 3.05. The zero-order valence-corrected chi connectivity index (χ0v) is 11.9. The summed E-state index contributed by atoms with van der Waals surface area (Å²) >= 11 is 5.94. The quantitative estimate of drug-likeness (QED) is 0.878. The first kappa shape index (κ1) is 14.7. The number of ketones is 1. The van der Waals surface area contributed by atoms with E-state index in [-0.39, 0.29) is 21.8 Å². The molecule has 0 unspecified atom stereocenters. The Morgan fingerprint density at radius 2 is 2.25 bits per heavy atom. The van der Waals surface area contributed by atoms with Crippen molar-refractivity contribution in [1.29, 1.82) is 0 Å². The van der Waals surface area contributed by atoms with Crippen LogP contribution in [-0.4, -0.2) is 10.9 Å². The van der Waals surface area contributed by atoms with Gasteiger partial charge in [-0.15, -0.1) is 0 Å². The normalized spacial score (nSPS) is 12.4. The van der Waals surface area contributed by atoms with Crippen molar-refractivity contribution >= 4 is 17.4 Å². The molecule has 1 aromatic heterocycles. The van der Waals surface area contributed by atoms with Gasteiger partial charge in [-0.2, -0.15) is 0 Å². The summed E-state index contributed by atoms with van der Waals surface area (Å²) < 4.78 is 19.3. The van der Waals surface area contributed by atoms with Crippen LogP contribution in [0.15, 0.2) is 22.7 Å². The van der Waals surface area contributed by atoms with Crippen LogP contribution in [0.1, 0.15) is 46.8 Å². The summed E-state index contributed by atoms with van der Waals surface area (Å²) in [5.41, 5.74) is 5.89. The lowest BCUT2D eigenvalue weighted by Crippen LogP contribution is -2.14. The summed E-state index contributed by atoms with van der Waals surface area (Å²) in [6.45, 7) is 3.48. The minimum Gasteiger partial charge on any atom is -0.361 e. The van der Waals surface area contributed by atoms with Crippen molar-refractivity contribution in [2.45, 2.75) is 26.3 Å². The van der Waals surface area contributed by atoms with Crippen LogP contribution in [0.4, 0.5) is 4.39 Å². The first-order chi connectivity index (χ1) is 9.45. The number of hydrogen-bond acceptors (Lipinski definition) is 4. The van der Waals surface area contributed by atoms with E-state index in [1.807, 2.05) is 6.92 Å². The SMILES string of the molecule is CC[C@@H](N)c1ccc(Cl)c(C(=O)c2cc(C)on2)c1F. The molecular weight excluding hydrogens is 283 g/mol. The molecule has 0 radical (unpaired) electrons. The average molecular weight is 297 g/mol. The lowest BCUT2D eigenvalue weighted by Gasteiger charge is -2.13. The van der Waals surface area contributed by atoms with Crippen molar-refractivity contribution < 1.29 is 13.7 Å². The Morgan fingerprint density at radius 3 is 2.80 bits per heavy atom. The van der Waals surface area contributed by atoms with E-state index in [1.165, 1.54) is 18.2 Å². The molecule has 4 nitrogen and oxygen atoms in total. The van der Waals surface area contributed by atoms with Gasteiger partial charge in [0.2, 0.25) is 5.78 Å². The fourth-order valence-electron chi connectivity index (χ4n) is 1.88. The molecule has 106 valence electrons. The number of halogens is 2. The van der Waals surface area contributed by atoms with Gasteiger partial charge in [0.1, 0.15) is 11.6 Å². The van der Waals surface area contributed by atoms with Gasteiger partial charge in [0.15, 0.2) is 5.69 Å². The van der Waals surface area contributed by atoms with Crippen LogP contribution in [0.25, 0.3) is 0 Å². The zero-order valence-electron chi connectivity index (χ0n) is 11.1. The molecule has 1 atom stereocenters. The van der Waals surface area contributed by atoms with Gasteiger partial charge < -0.3 is 10.3 Å². The Hall–Kier alpha value is -1.72. The number of aryl methyl sites for hydroxylation is 1. The molecule has 2 N–H and O–H groups in total. The van der Waals surface area contributed by atoms with E-state index in [0.717, 1.165) is 0 Å². The minimum atomic E-state index is -0.697. The highest BCUT2D eigenvalue weighted by Gasteiger charge is 2.24. The monoisotopic (exact) mass is 296 g/mol. The second-order valence-corrected chi connectivity index (χ2v) is 4.90. The highest BCUT2D eigenvalue weighted by Crippen LogP contribution is 2.28. The average Bonchev–Trinajstić information content (AvgIpc) is 2.84. The Labute approximate surface area is 120 Å². The van der Waals surface area contributed by atoms with Crippen LogP contribution in [-0.2, 0) is 0 Å². The minimum absolute atomic E-state index is 0.0190. The van der Waals surface area contributed by atoms with Crippen LogP contribution < -0.4 is 5.73 Å². The fraction of sp³-hybridized carbons (Fsp3) is 0.286. The van der Waals surface area contributed by atoms with Gasteiger partial charge in [-0.1, -0.05) is 29.7 Å². The summed E-state index contributed by atoms with van der Waals surface area (Å²) in [7, 11) is 0. The third kappa shape index (κ3) is 2.59. The first-order valence-electron chi connectivity index (χ1n) is 6.17. The molecule has 0 spiro atoms. The van der Waals surface area contributed by atoms with Gasteiger partial charge in [-0.05, 0) is 19.4 Å². The molecule has 0 saturated heterocycles. The standard InChI is InChI=1S/C14H14ClFN2O2/c1-3-10(17)8-4-5-9(15)12(13(8)16)14(19)11-6-7(2)20-18-11/h4-6,10H,3,17H2,1-2H3/t10-/m1/s1. The fourth-order valence-corrected chi connectivity index (χ4v) is 2.12. The summed E-state index contributed by atoms with van der Waals surface area (Å²) in [6, 6.07) is 3.91. The van der Waals surface area contributed by atoms with Crippen molar-refractivity contribution in [2.75, 3.05) is 0 Å². The molecule has 1 heterocycles. The molecule has 0 fully saturated rings. The van der Waals surface area contributed by atoms with Crippen LogP contribution in [0, 0.1) is 12.7 Å². The molecule has 6 heteroatoms. The van der Waals surface area contributed by atoms with Gasteiger partial charge in [0, 0.05) is 17.7 Å². The number of aromatic nitrogens is 1. The number of carbonyl (C=O) groups excluding carboxylic acids is 1. The summed E-state index contributed by atoms with van der Waals surface area (Å²) in [4.78, 5) is 12.3. The molecule has 0 aliphatic heterocycles. The lowest BCUT2D eigenvalue weighted by molar-refractivity contribution is 0.102. The van der Waals surface area contributed by atoms with Gasteiger partial charge in [0.05, 0.1) is 10.6 Å². The predicted octanol–water partition coefficient (Wildman–Crippen LogP) is 3.42. The topological polar surface area (TPSA) is 69.1 Å². The van der Waals surface area contributed by atoms with E-state index < -0.39 is 17.6 Å². The van der Waals surface area contributed by atoms with E-state index in [2.05, 4.69) is 5.16 Å². The highest BCUT2D eigenvalue weighted by atomic mass is 35.5. The third-order valence-corrected chi connectivity index (χ3v) is 3.36. The maximum absolute atomic E-state index is 14.5. The van der Waals surface area contributed by atoms with E-state index in [9.17, 15) is 9.18 Å². The molecule has 2 aromatic rings. The van der Waals surface area contributed by atoms with Gasteiger partial charge in [0.25, 0.3) is 0 Å². The predicted molar refractivity (Wildman–Crippen MR) is 73.3 cm³/mol. The number of rotatable bonds is 4. The maximum Gasteiger partial charge on any atom is 0.219 e. The Morgan fingerprint density at radius 1 is 1.55 bits per heavy atom. The van der Waals surface area contributed by atoms with E-state index in [0.29, 0.717) is 12.2 Å². The number of hydrogen-bond donors (Lipinski definition) is 1. The van der Waals surface area contributed by atoms with Gasteiger partial charge in [-0.3, -0.25) is 4.79 Å². The maximum atomic E-state index is 14.5. The molecule has 0 saturated carbocycles. The highest BCUT2D eigenvalue weighted by molar-refractivity contribution is 6.34. The van der Waals surface area contributed by atoms with Crippen molar-refractivity contribution in [3.05, 3.63) is 51.6 Å². The van der Waals surface area contributed by atoms with Crippen LogP contribution in [0.5, 0.6) is 0 Å². The zero-order chi connectivity index (χ0) is 14.9. The summed E-state index contributed by atoms with van der Waals surface area (Å²) in [6.07, 6.45) is 0.551. The van der Waals surface area contributed by atoms with Crippen LogP contribution >= 0.6 is 11.6 Å². The molecule has 0 aliphatic carbocycles. The molecule has 0 amide bonds. The number of benzene rings is 1. The molecule has 20 heavy (non-hydrogen) atoms. The number of nitrogens with two attached hydrogens (primary N) is 1. The van der Waals surface area contributed by atoms with E-state index >= 15 is 0 Å². The summed E-state index contributed by atoms with van der Waals surface area (Å²) in [5, 5.41) is 3.62. The largest absolute Gasteiger partial charge is 0.361 e. The van der Waals surface area contributed by atoms with Crippen LogP contribution in [0.3, 0.4) is 0 Å². The van der Waals surface area contributed by atoms with E-state index in [4.69, 9.17) is 21.9 Å². The van der Waals surface area contributed by atoms with Crippen molar-refractivity contribution in [3.63, 3.8) is 0 Å². The van der Waals surface area contributed by atoms with Gasteiger partial charge >= 0.3 is 0 Å². The molecule has 0 bridgehead atoms. The van der Waals surface area contributed by atoms with Crippen molar-refractivity contribution in [3.8, 4) is 0 Å². The first-order valence-corrected chi connectivity index (χ1v) is 6.55. The van der Waals surface area contributed by atoms with Crippen molar-refractivity contribution in [2.24, 2.45) is 5.73 Å². The number of carbonyl (C=O) groups is 1. The summed E-state index contributed by atoms with van der Waals surface area (Å²) in [5.74, 6) is -0.849. The molecule has 0 aliphatic rings. The van der Waals surface area contributed by atoms with E-state index in [1.54, 1.807) is 6.92 Å². The Kier molecular flexibility index (Phi) is 4.20. The smallest absolute Gasteiger partial charge is 0.219 e. The van der Waals surface area contributed by atoms with Gasteiger partial charge in [-0.25, -0.2) is 4.39 Å². The molecular formula is C14H14ClFN2O2. The van der Waals surface area contributed by atoms with Crippen LogP contribution in [0.2, 0.25) is 5.02 Å². The second-order valence-electron chi connectivity index (χ2n) is 4.49. The Bertz CT molecular complexity index is 655. The Balaban J connectivity index is 2.53. The number of nitrogens with zero attached hydrogens (tertiary/aromatic N) is 1. The van der Waals surface area contributed by atoms with Crippen molar-refractivity contribution in [1.82, 2.24) is 5.16 Å².